The van der Waals surface area contributed by atoms with Crippen LogP contribution in [-0.2, 0) is 0 Å². The van der Waals surface area contributed by atoms with Gasteiger partial charge in [0.15, 0.2) is 11.4 Å². The summed E-state index contributed by atoms with van der Waals surface area (Å²) in [4.78, 5) is 18.2. The number of hydrogen-bond acceptors (Lipinski definition) is 9. The lowest BCUT2D eigenvalue weighted by Gasteiger charge is -2.35. The number of hydrogen-bond donors (Lipinski definition) is 0. The summed E-state index contributed by atoms with van der Waals surface area (Å²) in [6.45, 7) is 2.62. The number of ether oxygens (including phenoxy) is 1. The van der Waals surface area contributed by atoms with Gasteiger partial charge in [-0.15, -0.1) is 0 Å². The maximum atomic E-state index is 9.71. The van der Waals surface area contributed by atoms with E-state index in [-0.39, 0.29) is 5.69 Å². The molecular formula is C31H25N7O3. The molecule has 4 aromatic heterocycles. The van der Waals surface area contributed by atoms with E-state index in [0.717, 1.165) is 39.4 Å². The summed E-state index contributed by atoms with van der Waals surface area (Å²) in [5.74, 6) is 2.92. The van der Waals surface area contributed by atoms with Gasteiger partial charge in [0.25, 0.3) is 5.89 Å². The summed E-state index contributed by atoms with van der Waals surface area (Å²) in [5, 5.41) is 10.7. The molecule has 2 aromatic carbocycles. The molecule has 5 heterocycles. The molecule has 1 fully saturated rings. The van der Waals surface area contributed by atoms with Gasteiger partial charge < -0.3 is 27.9 Å². The van der Waals surface area contributed by atoms with Crippen molar-refractivity contribution in [2.45, 2.75) is 0 Å². The van der Waals surface area contributed by atoms with E-state index in [2.05, 4.69) is 38.8 Å². The van der Waals surface area contributed by atoms with E-state index in [1.165, 1.54) is 0 Å². The van der Waals surface area contributed by atoms with Crippen molar-refractivity contribution in [3.8, 4) is 40.3 Å². The average Bonchev–Trinajstić information content (AvgIpc) is 3.80. The predicted molar refractivity (Wildman–Crippen MR) is 154 cm³/mol. The van der Waals surface area contributed by atoms with Crippen LogP contribution in [-0.4, -0.2) is 52.8 Å². The largest absolute Gasteiger partial charge is 0.497 e. The number of fused-ring (bicyclic) bond motifs is 1. The number of aromatic nitrogens is 4. The van der Waals surface area contributed by atoms with Gasteiger partial charge in [-0.1, -0.05) is 30.3 Å². The summed E-state index contributed by atoms with van der Waals surface area (Å²) in [7, 11) is 1.66. The molecule has 0 bridgehead atoms. The minimum absolute atomic E-state index is 0.247. The first-order valence-corrected chi connectivity index (χ1v) is 13.2. The predicted octanol–water partition coefficient (Wildman–Crippen LogP) is 5.54. The van der Waals surface area contributed by atoms with Gasteiger partial charge in [-0.3, -0.25) is 0 Å². The summed E-state index contributed by atoms with van der Waals surface area (Å²) in [5.41, 5.74) is 4.20. The lowest BCUT2D eigenvalue weighted by molar-refractivity contribution is 0.415. The third-order valence-corrected chi connectivity index (χ3v) is 7.31. The lowest BCUT2D eigenvalue weighted by Crippen LogP contribution is -2.47. The summed E-state index contributed by atoms with van der Waals surface area (Å²) in [6.07, 6.45) is 5.30. The first-order valence-electron chi connectivity index (χ1n) is 13.2. The lowest BCUT2D eigenvalue weighted by atomic mass is 10.1. The van der Waals surface area contributed by atoms with Crippen LogP contribution >= 0.6 is 0 Å². The molecule has 1 aliphatic rings. The molecule has 0 atom stereocenters. The molecule has 0 aliphatic carbocycles. The van der Waals surface area contributed by atoms with Gasteiger partial charge in [-0.25, -0.2) is 9.97 Å². The Bertz CT molecular complexity index is 1840. The monoisotopic (exact) mass is 543 g/mol. The van der Waals surface area contributed by atoms with Crippen molar-refractivity contribution in [3.05, 3.63) is 91.2 Å². The van der Waals surface area contributed by atoms with Crippen molar-refractivity contribution in [1.82, 2.24) is 19.5 Å². The van der Waals surface area contributed by atoms with Crippen LogP contribution in [0.25, 0.3) is 39.5 Å². The molecule has 1 aliphatic heterocycles. The third-order valence-electron chi connectivity index (χ3n) is 7.31. The SMILES string of the molecule is COc1ccc(-n2cc(-c3ccccc3)c3c(N4CCN(c5oc(-c6ccco6)nc5C#N)CC4)ncnc32)cc1. The van der Waals surface area contributed by atoms with Gasteiger partial charge >= 0.3 is 0 Å². The first kappa shape index (κ1) is 24.5. The number of benzene rings is 2. The molecule has 41 heavy (non-hydrogen) atoms. The Morgan fingerprint density at radius 1 is 0.902 bits per heavy atom. The summed E-state index contributed by atoms with van der Waals surface area (Å²) in [6, 6.07) is 23.9. The Morgan fingerprint density at radius 3 is 2.39 bits per heavy atom. The zero-order valence-electron chi connectivity index (χ0n) is 22.3. The zero-order valence-corrected chi connectivity index (χ0v) is 22.3. The normalized spacial score (nSPS) is 13.5. The summed E-state index contributed by atoms with van der Waals surface area (Å²) < 4.78 is 18.9. The van der Waals surface area contributed by atoms with E-state index in [0.29, 0.717) is 43.7 Å². The number of oxazole rings is 1. The minimum Gasteiger partial charge on any atom is -0.497 e. The van der Waals surface area contributed by atoms with Crippen molar-refractivity contribution in [1.29, 1.82) is 5.26 Å². The smallest absolute Gasteiger partial charge is 0.266 e. The number of piperazine rings is 1. The topological polar surface area (TPSA) is 109 Å². The first-order chi connectivity index (χ1) is 20.2. The number of nitrogens with zero attached hydrogens (tertiary/aromatic N) is 7. The van der Waals surface area contributed by atoms with Crippen molar-refractivity contribution >= 4 is 22.7 Å². The van der Waals surface area contributed by atoms with Crippen molar-refractivity contribution in [2.75, 3.05) is 43.1 Å². The van der Waals surface area contributed by atoms with E-state index < -0.39 is 0 Å². The second-order valence-electron chi connectivity index (χ2n) is 9.61. The number of rotatable bonds is 6. The number of methoxy groups -OCH3 is 1. The second-order valence-corrected chi connectivity index (χ2v) is 9.61. The fourth-order valence-electron chi connectivity index (χ4n) is 5.29. The fourth-order valence-corrected chi connectivity index (χ4v) is 5.29. The van der Waals surface area contributed by atoms with Gasteiger partial charge in [0.1, 0.15) is 24.0 Å². The average molecular weight is 544 g/mol. The van der Waals surface area contributed by atoms with Gasteiger partial charge in [0.2, 0.25) is 11.6 Å². The zero-order chi connectivity index (χ0) is 27.8. The van der Waals surface area contributed by atoms with Crippen molar-refractivity contribution in [3.63, 3.8) is 0 Å². The highest BCUT2D eigenvalue weighted by Gasteiger charge is 2.28. The molecule has 0 N–H and O–H groups in total. The van der Waals surface area contributed by atoms with Gasteiger partial charge in [0.05, 0.1) is 18.8 Å². The van der Waals surface area contributed by atoms with Crippen molar-refractivity contribution in [2.24, 2.45) is 0 Å². The van der Waals surface area contributed by atoms with Gasteiger partial charge in [0, 0.05) is 43.6 Å². The quantitative estimate of drug-likeness (QED) is 0.267. The van der Waals surface area contributed by atoms with Crippen LogP contribution in [0.3, 0.4) is 0 Å². The molecule has 0 saturated carbocycles. The molecule has 0 unspecified atom stereocenters. The molecule has 7 rings (SSSR count). The van der Waals surface area contributed by atoms with Crippen LogP contribution in [0.5, 0.6) is 5.75 Å². The third kappa shape index (κ3) is 4.33. The standard InChI is InChI=1S/C31H25N7O3/c1-39-23-11-9-22(10-12-23)38-19-24(21-6-3-2-4-7-21)27-28(33-20-34-29(27)38)36-13-15-37(16-14-36)31-25(18-32)35-30(41-31)26-8-5-17-40-26/h2-12,17,19-20H,13-16H2,1H3. The molecule has 10 heteroatoms. The number of nitriles is 1. The van der Waals surface area contributed by atoms with E-state index >= 15 is 0 Å². The van der Waals surface area contributed by atoms with Crippen LogP contribution in [0.15, 0.2) is 94.4 Å². The van der Waals surface area contributed by atoms with Crippen LogP contribution in [0, 0.1) is 11.3 Å². The second kappa shape index (κ2) is 10.2. The van der Waals surface area contributed by atoms with Crippen LogP contribution in [0.1, 0.15) is 5.69 Å². The molecule has 202 valence electrons. The Balaban J connectivity index is 1.24. The Morgan fingerprint density at radius 2 is 1.68 bits per heavy atom. The molecular weight excluding hydrogens is 518 g/mol. The van der Waals surface area contributed by atoms with Crippen molar-refractivity contribution < 1.29 is 13.6 Å². The highest BCUT2D eigenvalue weighted by atomic mass is 16.5. The molecule has 1 saturated heterocycles. The van der Waals surface area contributed by atoms with Gasteiger partial charge in [-0.2, -0.15) is 10.2 Å². The van der Waals surface area contributed by atoms with E-state index in [9.17, 15) is 5.26 Å². The van der Waals surface area contributed by atoms with Crippen LogP contribution in [0.2, 0.25) is 0 Å². The van der Waals surface area contributed by atoms with E-state index in [1.807, 2.05) is 47.4 Å². The Labute approximate surface area is 235 Å². The fraction of sp³-hybridized carbons (Fsp3) is 0.161. The maximum Gasteiger partial charge on any atom is 0.266 e. The highest BCUT2D eigenvalue weighted by Crippen LogP contribution is 2.38. The molecule has 0 spiro atoms. The van der Waals surface area contributed by atoms with E-state index in [4.69, 9.17) is 23.5 Å². The molecule has 0 amide bonds. The molecule has 6 aromatic rings. The Kier molecular flexibility index (Phi) is 6.09. The maximum absolute atomic E-state index is 9.71. The summed E-state index contributed by atoms with van der Waals surface area (Å²) >= 11 is 0. The number of anilines is 2. The molecule has 10 nitrogen and oxygen atoms in total. The van der Waals surface area contributed by atoms with Crippen LogP contribution in [0.4, 0.5) is 11.7 Å². The number of furan rings is 1. The highest BCUT2D eigenvalue weighted by molar-refractivity contribution is 6.02. The molecule has 0 radical (unpaired) electrons. The van der Waals surface area contributed by atoms with Crippen LogP contribution < -0.4 is 14.5 Å². The minimum atomic E-state index is 0.247. The van der Waals surface area contributed by atoms with Gasteiger partial charge in [-0.05, 0) is 42.0 Å². The Hall–Kier alpha value is -5.56. The van der Waals surface area contributed by atoms with E-state index in [1.54, 1.807) is 31.8 Å².